The van der Waals surface area contributed by atoms with Crippen LogP contribution in [0.4, 0.5) is 0 Å². The molecule has 2 aliphatic rings. The van der Waals surface area contributed by atoms with Crippen LogP contribution in [0.3, 0.4) is 0 Å². The summed E-state index contributed by atoms with van der Waals surface area (Å²) in [4.78, 5) is 14.9. The summed E-state index contributed by atoms with van der Waals surface area (Å²) in [6.07, 6.45) is 1.25. The fourth-order valence-corrected chi connectivity index (χ4v) is 5.12. The van der Waals surface area contributed by atoms with Crippen molar-refractivity contribution < 1.29 is 15.0 Å². The first-order chi connectivity index (χ1) is 13.2. The van der Waals surface area contributed by atoms with E-state index in [0.29, 0.717) is 18.8 Å². The Morgan fingerprint density at radius 3 is 2.63 bits per heavy atom. The first-order valence-electron chi connectivity index (χ1n) is 9.36. The molecule has 0 bridgehead atoms. The number of carbonyl (C=O) groups excluding carboxylic acids is 1. The van der Waals surface area contributed by atoms with Gasteiger partial charge in [0, 0.05) is 36.8 Å². The minimum absolute atomic E-state index is 0.0169. The van der Waals surface area contributed by atoms with Crippen LogP contribution in [-0.4, -0.2) is 51.2 Å². The number of fused-ring (bicyclic) bond motifs is 1. The second kappa shape index (κ2) is 5.94. The van der Waals surface area contributed by atoms with Gasteiger partial charge < -0.3 is 19.5 Å². The number of aliphatic hydroxyl groups is 2. The Hall–Kier alpha value is -2.63. The van der Waals surface area contributed by atoms with Gasteiger partial charge in [-0.2, -0.15) is 0 Å². The van der Waals surface area contributed by atoms with E-state index in [0.717, 1.165) is 11.1 Å². The zero-order valence-corrected chi connectivity index (χ0v) is 14.9. The van der Waals surface area contributed by atoms with E-state index < -0.39 is 11.5 Å². The highest BCUT2D eigenvalue weighted by Gasteiger charge is 2.71. The van der Waals surface area contributed by atoms with Crippen LogP contribution in [0, 0.1) is 11.3 Å². The molecule has 2 aromatic heterocycles. The van der Waals surface area contributed by atoms with Gasteiger partial charge in [-0.3, -0.25) is 4.79 Å². The Morgan fingerprint density at radius 2 is 1.85 bits per heavy atom. The van der Waals surface area contributed by atoms with Gasteiger partial charge in [0.25, 0.3) is 5.91 Å². The van der Waals surface area contributed by atoms with Crippen LogP contribution < -0.4 is 0 Å². The van der Waals surface area contributed by atoms with E-state index in [9.17, 15) is 15.0 Å². The molecular formula is C22H22N2O3. The van der Waals surface area contributed by atoms with Crippen molar-refractivity contribution in [1.29, 1.82) is 0 Å². The highest BCUT2D eigenvalue weighted by atomic mass is 16.3. The monoisotopic (exact) mass is 362 g/mol. The van der Waals surface area contributed by atoms with E-state index in [4.69, 9.17) is 0 Å². The molecule has 2 fully saturated rings. The van der Waals surface area contributed by atoms with Gasteiger partial charge in [-0.1, -0.05) is 36.4 Å². The summed E-state index contributed by atoms with van der Waals surface area (Å²) in [5, 5.41) is 20.8. The lowest BCUT2D eigenvalue weighted by atomic mass is 9.95. The largest absolute Gasteiger partial charge is 0.396 e. The molecule has 1 aromatic carbocycles. The first kappa shape index (κ1) is 16.5. The summed E-state index contributed by atoms with van der Waals surface area (Å²) in [6, 6.07) is 19.6. The van der Waals surface area contributed by atoms with E-state index >= 15 is 0 Å². The lowest BCUT2D eigenvalue weighted by Crippen LogP contribution is -2.30. The van der Waals surface area contributed by atoms with Crippen molar-refractivity contribution in [3.8, 4) is 0 Å². The van der Waals surface area contributed by atoms with Crippen molar-refractivity contribution in [1.82, 2.24) is 9.30 Å². The summed E-state index contributed by atoms with van der Waals surface area (Å²) in [6.45, 7) is 0.795. The lowest BCUT2D eigenvalue weighted by Gasteiger charge is -2.17. The van der Waals surface area contributed by atoms with Crippen molar-refractivity contribution in [3.05, 3.63) is 78.1 Å². The lowest BCUT2D eigenvalue weighted by molar-refractivity contribution is 0.0757. The molecule has 3 heterocycles. The van der Waals surface area contributed by atoms with Gasteiger partial charge in [-0.05, 0) is 41.7 Å². The van der Waals surface area contributed by atoms with Gasteiger partial charge in [-0.25, -0.2) is 0 Å². The third-order valence-electron chi connectivity index (χ3n) is 6.47. The standard InChI is InChI=1S/C22H22N2O3/c25-13-17-20(15-6-2-1-3-7-15)22(17)14-23(12-19(22)26)21(27)18-10-9-16-8-4-5-11-24(16)18/h1-11,17,19-20,25-26H,12-14H2/t17-,19+,20-,22-/m1/s1. The molecule has 1 aliphatic carbocycles. The number of likely N-dealkylation sites (tertiary alicyclic amines) is 1. The molecule has 5 nitrogen and oxygen atoms in total. The SMILES string of the molecule is O=C(c1ccc2ccccn12)N1C[C@H](O)[C@@]2(C1)[C@H](CO)[C@H]2c1ccccc1. The van der Waals surface area contributed by atoms with E-state index in [1.807, 2.05) is 71.3 Å². The Morgan fingerprint density at radius 1 is 1.07 bits per heavy atom. The van der Waals surface area contributed by atoms with Gasteiger partial charge in [0.05, 0.1) is 6.10 Å². The van der Waals surface area contributed by atoms with Crippen LogP contribution in [-0.2, 0) is 0 Å². The van der Waals surface area contributed by atoms with Gasteiger partial charge in [0.1, 0.15) is 5.69 Å². The van der Waals surface area contributed by atoms with Crippen LogP contribution in [0.1, 0.15) is 22.0 Å². The van der Waals surface area contributed by atoms with Crippen LogP contribution in [0.2, 0.25) is 0 Å². The molecule has 5 rings (SSSR count). The fourth-order valence-electron chi connectivity index (χ4n) is 5.12. The third-order valence-corrected chi connectivity index (χ3v) is 6.47. The number of amides is 1. The predicted octanol–water partition coefficient (Wildman–Crippen LogP) is 2.15. The van der Waals surface area contributed by atoms with Crippen LogP contribution >= 0.6 is 0 Å². The van der Waals surface area contributed by atoms with Gasteiger partial charge >= 0.3 is 0 Å². The first-order valence-corrected chi connectivity index (χ1v) is 9.36. The number of hydrogen-bond donors (Lipinski definition) is 2. The maximum Gasteiger partial charge on any atom is 0.270 e. The van der Waals surface area contributed by atoms with Gasteiger partial charge in [0.2, 0.25) is 0 Å². The minimum Gasteiger partial charge on any atom is -0.396 e. The number of hydrogen-bond acceptors (Lipinski definition) is 3. The summed E-state index contributed by atoms with van der Waals surface area (Å²) in [5.41, 5.74) is 2.25. The highest BCUT2D eigenvalue weighted by molar-refractivity contribution is 5.94. The molecule has 1 aliphatic heterocycles. The summed E-state index contributed by atoms with van der Waals surface area (Å²) in [5.74, 6) is -0.00940. The smallest absolute Gasteiger partial charge is 0.270 e. The molecule has 27 heavy (non-hydrogen) atoms. The highest BCUT2D eigenvalue weighted by Crippen LogP contribution is 2.68. The maximum atomic E-state index is 13.2. The summed E-state index contributed by atoms with van der Waals surface area (Å²) < 4.78 is 1.88. The average molecular weight is 362 g/mol. The molecule has 3 aromatic rings. The number of nitrogens with zero attached hydrogens (tertiary/aromatic N) is 2. The van der Waals surface area contributed by atoms with Crippen molar-refractivity contribution in [2.75, 3.05) is 19.7 Å². The molecule has 1 spiro atoms. The topological polar surface area (TPSA) is 65.2 Å². The van der Waals surface area contributed by atoms with Crippen LogP contribution in [0.25, 0.3) is 5.52 Å². The molecule has 5 heteroatoms. The predicted molar refractivity (Wildman–Crippen MR) is 101 cm³/mol. The molecule has 0 radical (unpaired) electrons. The molecule has 2 N–H and O–H groups in total. The Kier molecular flexibility index (Phi) is 3.64. The molecule has 4 atom stereocenters. The Balaban J connectivity index is 1.45. The number of benzene rings is 1. The number of pyridine rings is 1. The van der Waals surface area contributed by atoms with E-state index in [-0.39, 0.29) is 24.3 Å². The Bertz CT molecular complexity index is 999. The molecule has 1 amide bonds. The maximum absolute atomic E-state index is 13.2. The third kappa shape index (κ3) is 2.28. The van der Waals surface area contributed by atoms with Crippen molar-refractivity contribution >= 4 is 11.4 Å². The number of rotatable bonds is 3. The second-order valence-electron chi connectivity index (χ2n) is 7.71. The van der Waals surface area contributed by atoms with E-state index in [2.05, 4.69) is 0 Å². The average Bonchev–Trinajstić information content (AvgIpc) is 2.96. The fraction of sp³-hybridized carbons (Fsp3) is 0.318. The Labute approximate surface area is 157 Å². The zero-order chi connectivity index (χ0) is 18.6. The molecular weight excluding hydrogens is 340 g/mol. The molecule has 138 valence electrons. The summed E-state index contributed by atoms with van der Waals surface area (Å²) in [7, 11) is 0. The van der Waals surface area contributed by atoms with Crippen LogP contribution in [0.15, 0.2) is 66.9 Å². The number of aromatic nitrogens is 1. The quantitative estimate of drug-likeness (QED) is 0.750. The van der Waals surface area contributed by atoms with Crippen molar-refractivity contribution in [3.63, 3.8) is 0 Å². The molecule has 1 saturated heterocycles. The van der Waals surface area contributed by atoms with Crippen molar-refractivity contribution in [2.45, 2.75) is 12.0 Å². The minimum atomic E-state index is -0.630. The number of β-amino-alcohol motifs (C(OH)–C–C–N with tert-alkyl or cyclic N) is 1. The van der Waals surface area contributed by atoms with Gasteiger partial charge in [-0.15, -0.1) is 0 Å². The molecule has 0 unspecified atom stereocenters. The molecule has 1 saturated carbocycles. The normalized spacial score (nSPS) is 29.6. The summed E-state index contributed by atoms with van der Waals surface area (Å²) >= 11 is 0. The van der Waals surface area contributed by atoms with Crippen LogP contribution in [0.5, 0.6) is 0 Å². The second-order valence-corrected chi connectivity index (χ2v) is 7.71. The number of carbonyl (C=O) groups is 1. The van der Waals surface area contributed by atoms with E-state index in [1.165, 1.54) is 0 Å². The number of aliphatic hydroxyl groups excluding tert-OH is 2. The zero-order valence-electron chi connectivity index (χ0n) is 14.9. The van der Waals surface area contributed by atoms with Crippen molar-refractivity contribution in [2.24, 2.45) is 11.3 Å². The van der Waals surface area contributed by atoms with E-state index in [1.54, 1.807) is 4.90 Å². The van der Waals surface area contributed by atoms with Gasteiger partial charge in [0.15, 0.2) is 0 Å².